The molecule has 2 rings (SSSR count). The second-order valence-electron chi connectivity index (χ2n) is 4.50. The van der Waals surface area contributed by atoms with Gasteiger partial charge in [-0.05, 0) is 36.2 Å². The number of carbonyl (C=O) groups excluding carboxylic acids is 1. The van der Waals surface area contributed by atoms with Crippen molar-refractivity contribution in [2.45, 2.75) is 11.1 Å². The molecule has 1 heterocycles. The van der Waals surface area contributed by atoms with Crippen LogP contribution in [-0.4, -0.2) is 35.2 Å². The maximum Gasteiger partial charge on any atom is 0.435 e. The number of rotatable bonds is 5. The number of alkyl halides is 3. The maximum atomic E-state index is 12.6. The predicted octanol–water partition coefficient (Wildman–Crippen LogP) is 3.50. The van der Waals surface area contributed by atoms with Crippen molar-refractivity contribution < 1.29 is 27.5 Å². The number of carbonyl (C=O) groups is 1. The molecule has 2 aromatic rings. The van der Waals surface area contributed by atoms with Crippen LogP contribution < -0.4 is 9.46 Å². The molecule has 0 radical (unpaired) electrons. The Labute approximate surface area is 145 Å². The Kier molecular flexibility index (Phi) is 6.04. The van der Waals surface area contributed by atoms with Gasteiger partial charge < -0.3 is 4.74 Å². The zero-order chi connectivity index (χ0) is 18.4. The molecule has 1 aromatic heterocycles. The number of hydrogen-bond acceptors (Lipinski definition) is 6. The molecule has 11 heteroatoms. The number of urea groups is 1. The van der Waals surface area contributed by atoms with Crippen LogP contribution in [0.15, 0.2) is 41.6 Å². The topological polar surface area (TPSA) is 76.6 Å². The van der Waals surface area contributed by atoms with Crippen LogP contribution in [0.1, 0.15) is 5.69 Å². The third kappa shape index (κ3) is 5.50. The average Bonchev–Trinajstić information content (AvgIpc) is 2.59. The van der Waals surface area contributed by atoms with Crippen molar-refractivity contribution in [1.82, 2.24) is 19.8 Å². The fourth-order valence-electron chi connectivity index (χ4n) is 1.48. The normalized spacial score (nSPS) is 11.1. The van der Waals surface area contributed by atoms with Crippen LogP contribution >= 0.6 is 11.9 Å². The smallest absolute Gasteiger partial charge is 0.435 e. The number of aromatic nitrogens is 2. The maximum absolute atomic E-state index is 12.6. The van der Waals surface area contributed by atoms with Gasteiger partial charge in [-0.1, -0.05) is 0 Å². The minimum atomic E-state index is -4.60. The first-order chi connectivity index (χ1) is 11.8. The minimum absolute atomic E-state index is 0.273. The fraction of sp³-hybridized carbons (Fsp3) is 0.214. The lowest BCUT2D eigenvalue weighted by atomic mass is 10.3. The van der Waals surface area contributed by atoms with Crippen LogP contribution in [0.3, 0.4) is 0 Å². The summed E-state index contributed by atoms with van der Waals surface area (Å²) in [5.41, 5.74) is -1.14. The molecule has 0 aliphatic rings. The number of benzene rings is 1. The summed E-state index contributed by atoms with van der Waals surface area (Å²) in [4.78, 5) is 23.7. The Bertz CT molecular complexity index is 728. The Morgan fingerprint density at radius 2 is 1.92 bits per heavy atom. The summed E-state index contributed by atoms with van der Waals surface area (Å²) in [6.07, 6.45) is -2.90. The third-order valence-electron chi connectivity index (χ3n) is 2.77. The van der Waals surface area contributed by atoms with E-state index in [1.807, 2.05) is 0 Å². The Morgan fingerprint density at radius 3 is 2.52 bits per heavy atom. The van der Waals surface area contributed by atoms with Crippen LogP contribution in [-0.2, 0) is 11.0 Å². The van der Waals surface area contributed by atoms with E-state index in [4.69, 9.17) is 9.57 Å². The average molecular weight is 374 g/mol. The summed E-state index contributed by atoms with van der Waals surface area (Å²) in [6.45, 7) is 0. The molecule has 0 aliphatic carbocycles. The van der Waals surface area contributed by atoms with Crippen LogP contribution in [0.2, 0.25) is 0 Å². The van der Waals surface area contributed by atoms with Crippen molar-refractivity contribution in [2.24, 2.45) is 0 Å². The standard InChI is InChI=1S/C14H13F3N4O3S/c1-21(23-2)13(22)20-25-10-5-3-9(4-6-10)24-12-8-18-7-11(19-12)14(15,16)17/h3-8H,1-2H3,(H,20,22). The molecule has 134 valence electrons. The van der Waals surface area contributed by atoms with Gasteiger partial charge in [0.2, 0.25) is 5.88 Å². The lowest BCUT2D eigenvalue weighted by Crippen LogP contribution is -2.32. The summed E-state index contributed by atoms with van der Waals surface area (Å²) >= 11 is 1.04. The van der Waals surface area contributed by atoms with Crippen molar-refractivity contribution in [3.8, 4) is 11.6 Å². The molecular formula is C14H13F3N4O3S. The molecule has 0 saturated heterocycles. The molecule has 7 nitrogen and oxygen atoms in total. The summed E-state index contributed by atoms with van der Waals surface area (Å²) in [5.74, 6) is 0.00330. The monoisotopic (exact) mass is 374 g/mol. The van der Waals surface area contributed by atoms with Gasteiger partial charge in [0, 0.05) is 11.9 Å². The van der Waals surface area contributed by atoms with E-state index in [1.165, 1.54) is 26.3 Å². The lowest BCUT2D eigenvalue weighted by molar-refractivity contribution is -0.141. The van der Waals surface area contributed by atoms with Crippen molar-refractivity contribution in [3.63, 3.8) is 0 Å². The largest absolute Gasteiger partial charge is 0.437 e. The van der Waals surface area contributed by atoms with E-state index in [0.29, 0.717) is 11.1 Å². The van der Waals surface area contributed by atoms with Gasteiger partial charge in [0.1, 0.15) is 5.75 Å². The van der Waals surface area contributed by atoms with Crippen molar-refractivity contribution in [2.75, 3.05) is 14.2 Å². The Balaban J connectivity index is 1.98. The van der Waals surface area contributed by atoms with E-state index in [1.54, 1.807) is 12.1 Å². The second-order valence-corrected chi connectivity index (χ2v) is 5.38. The molecule has 0 unspecified atom stereocenters. The highest BCUT2D eigenvalue weighted by Gasteiger charge is 2.33. The van der Waals surface area contributed by atoms with Crippen molar-refractivity contribution >= 4 is 18.0 Å². The van der Waals surface area contributed by atoms with E-state index < -0.39 is 17.9 Å². The number of amides is 2. The zero-order valence-corrected chi connectivity index (χ0v) is 13.9. The Hall–Kier alpha value is -2.53. The summed E-state index contributed by atoms with van der Waals surface area (Å²) in [5, 5.41) is 1.01. The highest BCUT2D eigenvalue weighted by Crippen LogP contribution is 2.29. The molecule has 0 saturated carbocycles. The van der Waals surface area contributed by atoms with Crippen LogP contribution in [0.25, 0.3) is 0 Å². The van der Waals surface area contributed by atoms with Gasteiger partial charge in [0.25, 0.3) is 0 Å². The van der Waals surface area contributed by atoms with Crippen LogP contribution in [0, 0.1) is 0 Å². The number of halogens is 3. The molecule has 0 spiro atoms. The van der Waals surface area contributed by atoms with Gasteiger partial charge in [-0.15, -0.1) is 0 Å². The number of nitrogens with zero attached hydrogens (tertiary/aromatic N) is 3. The molecular weight excluding hydrogens is 361 g/mol. The van der Waals surface area contributed by atoms with Crippen LogP contribution in [0.4, 0.5) is 18.0 Å². The van der Waals surface area contributed by atoms with E-state index in [0.717, 1.165) is 23.2 Å². The van der Waals surface area contributed by atoms with E-state index in [9.17, 15) is 18.0 Å². The molecule has 0 atom stereocenters. The Morgan fingerprint density at radius 1 is 1.24 bits per heavy atom. The first-order valence-corrected chi connectivity index (χ1v) is 7.53. The van der Waals surface area contributed by atoms with Gasteiger partial charge in [0.15, 0.2) is 5.69 Å². The van der Waals surface area contributed by atoms with Crippen molar-refractivity contribution in [3.05, 3.63) is 42.4 Å². The molecule has 1 aromatic carbocycles. The molecule has 25 heavy (non-hydrogen) atoms. The number of hydrogen-bond donors (Lipinski definition) is 1. The molecule has 0 aliphatic heterocycles. The van der Waals surface area contributed by atoms with E-state index in [-0.39, 0.29) is 11.6 Å². The van der Waals surface area contributed by atoms with Gasteiger partial charge in [-0.25, -0.2) is 14.8 Å². The quantitative estimate of drug-likeness (QED) is 0.638. The van der Waals surface area contributed by atoms with Gasteiger partial charge in [0.05, 0.1) is 19.5 Å². The summed E-state index contributed by atoms with van der Waals surface area (Å²) < 4.78 is 45.5. The van der Waals surface area contributed by atoms with Gasteiger partial charge in [-0.2, -0.15) is 13.2 Å². The number of nitrogens with one attached hydrogen (secondary N) is 1. The third-order valence-corrected chi connectivity index (χ3v) is 3.55. The van der Waals surface area contributed by atoms with Crippen LogP contribution in [0.5, 0.6) is 11.6 Å². The first-order valence-electron chi connectivity index (χ1n) is 6.71. The summed E-state index contributed by atoms with van der Waals surface area (Å²) in [6, 6.07) is 5.84. The first kappa shape index (κ1) is 18.8. The predicted molar refractivity (Wildman–Crippen MR) is 82.7 cm³/mol. The highest BCUT2D eigenvalue weighted by molar-refractivity contribution is 7.98. The molecule has 0 fully saturated rings. The number of hydroxylamine groups is 2. The number of ether oxygens (including phenoxy) is 1. The fourth-order valence-corrected chi connectivity index (χ4v) is 2.09. The SMILES string of the molecule is CON(C)C(=O)NSc1ccc(Oc2cncc(C(F)(F)F)n2)cc1. The van der Waals surface area contributed by atoms with Gasteiger partial charge in [-0.3, -0.25) is 14.5 Å². The zero-order valence-electron chi connectivity index (χ0n) is 13.1. The van der Waals surface area contributed by atoms with E-state index >= 15 is 0 Å². The van der Waals surface area contributed by atoms with Gasteiger partial charge >= 0.3 is 12.2 Å². The summed E-state index contributed by atoms with van der Waals surface area (Å²) in [7, 11) is 2.80. The lowest BCUT2D eigenvalue weighted by Gasteiger charge is -2.13. The highest BCUT2D eigenvalue weighted by atomic mass is 32.2. The van der Waals surface area contributed by atoms with E-state index in [2.05, 4.69) is 14.7 Å². The second kappa shape index (κ2) is 8.03. The molecule has 0 bridgehead atoms. The molecule has 2 amide bonds. The minimum Gasteiger partial charge on any atom is -0.437 e. The molecule has 1 N–H and O–H groups in total. The van der Waals surface area contributed by atoms with Crippen molar-refractivity contribution in [1.29, 1.82) is 0 Å².